The van der Waals surface area contributed by atoms with Gasteiger partial charge in [-0.1, -0.05) is 43.7 Å². The summed E-state index contributed by atoms with van der Waals surface area (Å²) in [6.45, 7) is 2.34. The number of nitrogens with one attached hydrogen (secondary N) is 2. The Morgan fingerprint density at radius 1 is 1.33 bits per heavy atom. The van der Waals surface area contributed by atoms with E-state index in [4.69, 9.17) is 5.11 Å². The van der Waals surface area contributed by atoms with E-state index in [9.17, 15) is 4.79 Å². The molecule has 0 bridgehead atoms. The number of aliphatic hydroxyl groups excluding tert-OH is 1. The summed E-state index contributed by atoms with van der Waals surface area (Å²) < 4.78 is 0. The van der Waals surface area contributed by atoms with Gasteiger partial charge in [0.25, 0.3) is 0 Å². The number of aliphatic hydroxyl groups is 1. The molecule has 4 heteroatoms. The van der Waals surface area contributed by atoms with Gasteiger partial charge in [-0.25, -0.2) is 4.79 Å². The van der Waals surface area contributed by atoms with Crippen LogP contribution in [0.15, 0.2) is 30.3 Å². The predicted molar refractivity (Wildman–Crippen MR) is 84.0 cm³/mol. The molecule has 1 aliphatic carbocycles. The molecule has 1 fully saturated rings. The van der Waals surface area contributed by atoms with Crippen LogP contribution >= 0.6 is 0 Å². The molecule has 0 saturated heterocycles. The Morgan fingerprint density at radius 2 is 2.10 bits per heavy atom. The first-order valence-electron chi connectivity index (χ1n) is 7.93. The van der Waals surface area contributed by atoms with Crippen molar-refractivity contribution >= 4 is 6.03 Å². The zero-order valence-electron chi connectivity index (χ0n) is 12.7. The van der Waals surface area contributed by atoms with E-state index in [1.54, 1.807) is 0 Å². The summed E-state index contributed by atoms with van der Waals surface area (Å²) in [6.07, 6.45) is 4.88. The van der Waals surface area contributed by atoms with E-state index in [0.717, 1.165) is 18.4 Å². The number of carbonyl (C=O) groups is 1. The molecule has 3 atom stereocenters. The highest BCUT2D eigenvalue weighted by Crippen LogP contribution is 2.25. The van der Waals surface area contributed by atoms with E-state index < -0.39 is 0 Å². The summed E-state index contributed by atoms with van der Waals surface area (Å²) in [5, 5.41) is 15.2. The van der Waals surface area contributed by atoms with E-state index in [0.29, 0.717) is 18.4 Å². The van der Waals surface area contributed by atoms with Gasteiger partial charge in [0.05, 0.1) is 6.04 Å². The number of hydrogen-bond acceptors (Lipinski definition) is 2. The second kappa shape index (κ2) is 8.03. The molecule has 1 saturated carbocycles. The SMILES string of the molecule is CC1CCCC1NC(=O)NC(CCCO)c1ccccc1. The zero-order valence-corrected chi connectivity index (χ0v) is 12.7. The fourth-order valence-corrected chi connectivity index (χ4v) is 3.03. The highest BCUT2D eigenvalue weighted by atomic mass is 16.3. The first kappa shape index (κ1) is 15.8. The van der Waals surface area contributed by atoms with Crippen molar-refractivity contribution in [1.82, 2.24) is 10.6 Å². The van der Waals surface area contributed by atoms with E-state index in [1.165, 1.54) is 12.8 Å². The molecule has 0 spiro atoms. The molecule has 0 radical (unpaired) electrons. The van der Waals surface area contributed by atoms with Crippen molar-refractivity contribution in [3.8, 4) is 0 Å². The average Bonchev–Trinajstić information content (AvgIpc) is 2.89. The third kappa shape index (κ3) is 4.74. The van der Waals surface area contributed by atoms with Crippen LogP contribution in [0.4, 0.5) is 4.79 Å². The topological polar surface area (TPSA) is 61.4 Å². The number of carbonyl (C=O) groups excluding carboxylic acids is 1. The normalized spacial score (nSPS) is 22.8. The van der Waals surface area contributed by atoms with Gasteiger partial charge in [0, 0.05) is 12.6 Å². The lowest BCUT2D eigenvalue weighted by Crippen LogP contribution is -2.44. The van der Waals surface area contributed by atoms with Crippen LogP contribution in [0.5, 0.6) is 0 Å². The Labute approximate surface area is 126 Å². The zero-order chi connectivity index (χ0) is 15.1. The number of urea groups is 1. The maximum atomic E-state index is 12.2. The number of benzene rings is 1. The Balaban J connectivity index is 1.93. The minimum Gasteiger partial charge on any atom is -0.396 e. The molecular formula is C17H26N2O2. The Kier molecular flexibility index (Phi) is 6.05. The molecule has 3 N–H and O–H groups in total. The molecule has 1 aromatic carbocycles. The van der Waals surface area contributed by atoms with Crippen LogP contribution in [0.25, 0.3) is 0 Å². The predicted octanol–water partition coefficient (Wildman–Crippen LogP) is 2.99. The Hall–Kier alpha value is -1.55. The van der Waals surface area contributed by atoms with Crippen LogP contribution in [0.2, 0.25) is 0 Å². The molecule has 21 heavy (non-hydrogen) atoms. The third-order valence-electron chi connectivity index (χ3n) is 4.34. The fourth-order valence-electron chi connectivity index (χ4n) is 3.03. The number of hydrogen-bond donors (Lipinski definition) is 3. The van der Waals surface area contributed by atoms with Crippen molar-refractivity contribution in [3.63, 3.8) is 0 Å². The molecule has 0 aromatic heterocycles. The van der Waals surface area contributed by atoms with Gasteiger partial charge in [0.2, 0.25) is 0 Å². The molecule has 1 aromatic rings. The molecule has 1 aliphatic rings. The molecule has 3 unspecified atom stereocenters. The fraction of sp³-hybridized carbons (Fsp3) is 0.588. The van der Waals surface area contributed by atoms with Crippen LogP contribution in [0.1, 0.15) is 50.6 Å². The molecule has 116 valence electrons. The Morgan fingerprint density at radius 3 is 2.71 bits per heavy atom. The lowest BCUT2D eigenvalue weighted by Gasteiger charge is -2.22. The smallest absolute Gasteiger partial charge is 0.315 e. The van der Waals surface area contributed by atoms with E-state index >= 15 is 0 Å². The van der Waals surface area contributed by atoms with Crippen molar-refractivity contribution in [1.29, 1.82) is 0 Å². The minimum absolute atomic E-state index is 0.0462. The van der Waals surface area contributed by atoms with Crippen molar-refractivity contribution in [2.45, 2.75) is 51.1 Å². The Bertz CT molecular complexity index is 436. The molecule has 4 nitrogen and oxygen atoms in total. The van der Waals surface area contributed by atoms with Gasteiger partial charge >= 0.3 is 6.03 Å². The van der Waals surface area contributed by atoms with Gasteiger partial charge < -0.3 is 15.7 Å². The van der Waals surface area contributed by atoms with Gasteiger partial charge in [0.1, 0.15) is 0 Å². The lowest BCUT2D eigenvalue weighted by atomic mass is 10.0. The largest absolute Gasteiger partial charge is 0.396 e. The maximum absolute atomic E-state index is 12.2. The number of rotatable bonds is 6. The van der Waals surface area contributed by atoms with Gasteiger partial charge in [0.15, 0.2) is 0 Å². The molecule has 2 rings (SSSR count). The maximum Gasteiger partial charge on any atom is 0.315 e. The summed E-state index contributed by atoms with van der Waals surface area (Å²) >= 11 is 0. The second-order valence-corrected chi connectivity index (χ2v) is 5.96. The van der Waals surface area contributed by atoms with Crippen LogP contribution in [-0.2, 0) is 0 Å². The van der Waals surface area contributed by atoms with Crippen LogP contribution in [0, 0.1) is 5.92 Å². The van der Waals surface area contributed by atoms with Crippen LogP contribution in [0.3, 0.4) is 0 Å². The quantitative estimate of drug-likeness (QED) is 0.754. The first-order valence-corrected chi connectivity index (χ1v) is 7.93. The molecule has 0 heterocycles. The summed E-state index contributed by atoms with van der Waals surface area (Å²) in [5.74, 6) is 0.559. The van der Waals surface area contributed by atoms with Gasteiger partial charge in [-0.05, 0) is 37.2 Å². The highest BCUT2D eigenvalue weighted by Gasteiger charge is 2.25. The van der Waals surface area contributed by atoms with Crippen molar-refractivity contribution in [2.75, 3.05) is 6.61 Å². The standard InChI is InChI=1S/C17H26N2O2/c1-13-7-5-10-15(13)18-17(21)19-16(11-6-12-20)14-8-3-2-4-9-14/h2-4,8-9,13,15-16,20H,5-7,10-12H2,1H3,(H2,18,19,21). The molecule has 2 amide bonds. The average molecular weight is 290 g/mol. The second-order valence-electron chi connectivity index (χ2n) is 5.96. The van der Waals surface area contributed by atoms with Crippen molar-refractivity contribution in [3.05, 3.63) is 35.9 Å². The van der Waals surface area contributed by atoms with E-state index in [2.05, 4.69) is 17.6 Å². The summed E-state index contributed by atoms with van der Waals surface area (Å²) in [6, 6.07) is 10.1. The number of amides is 2. The van der Waals surface area contributed by atoms with E-state index in [1.807, 2.05) is 30.3 Å². The molecular weight excluding hydrogens is 264 g/mol. The minimum atomic E-state index is -0.0967. The summed E-state index contributed by atoms with van der Waals surface area (Å²) in [4.78, 5) is 12.2. The monoisotopic (exact) mass is 290 g/mol. The van der Waals surface area contributed by atoms with Gasteiger partial charge in [-0.15, -0.1) is 0 Å². The third-order valence-corrected chi connectivity index (χ3v) is 4.34. The highest BCUT2D eigenvalue weighted by molar-refractivity contribution is 5.74. The summed E-state index contributed by atoms with van der Waals surface area (Å²) in [7, 11) is 0. The summed E-state index contributed by atoms with van der Waals surface area (Å²) in [5.41, 5.74) is 1.08. The first-order chi connectivity index (χ1) is 10.2. The lowest BCUT2D eigenvalue weighted by molar-refractivity contribution is 0.227. The molecule has 0 aliphatic heterocycles. The van der Waals surface area contributed by atoms with Gasteiger partial charge in [-0.2, -0.15) is 0 Å². The van der Waals surface area contributed by atoms with Crippen LogP contribution in [-0.4, -0.2) is 23.8 Å². The van der Waals surface area contributed by atoms with Gasteiger partial charge in [-0.3, -0.25) is 0 Å². The van der Waals surface area contributed by atoms with Crippen molar-refractivity contribution in [2.24, 2.45) is 5.92 Å². The van der Waals surface area contributed by atoms with Crippen LogP contribution < -0.4 is 10.6 Å². The van der Waals surface area contributed by atoms with E-state index in [-0.39, 0.29) is 18.7 Å². The van der Waals surface area contributed by atoms with Crippen molar-refractivity contribution < 1.29 is 9.90 Å².